The standard InChI is InChI=1S/C10H18ClNO/c1-10(2)8(7-9(10)13)12-6-4-3-5-11/h3-4,8-9,12-13H,5-7H2,1-2H3/b4-3+. The van der Waals surface area contributed by atoms with E-state index in [-0.39, 0.29) is 11.5 Å². The van der Waals surface area contributed by atoms with Gasteiger partial charge in [-0.3, -0.25) is 0 Å². The molecule has 0 heterocycles. The van der Waals surface area contributed by atoms with Crippen molar-refractivity contribution in [1.82, 2.24) is 5.32 Å². The largest absolute Gasteiger partial charge is 0.392 e. The number of allylic oxidation sites excluding steroid dienone is 1. The Labute approximate surface area is 85.0 Å². The summed E-state index contributed by atoms with van der Waals surface area (Å²) in [5, 5.41) is 12.8. The number of aliphatic hydroxyl groups excluding tert-OH is 1. The van der Waals surface area contributed by atoms with Gasteiger partial charge in [0.25, 0.3) is 0 Å². The lowest BCUT2D eigenvalue weighted by atomic mass is 9.64. The van der Waals surface area contributed by atoms with E-state index >= 15 is 0 Å². The topological polar surface area (TPSA) is 32.3 Å². The van der Waals surface area contributed by atoms with Gasteiger partial charge in [-0.1, -0.05) is 26.0 Å². The van der Waals surface area contributed by atoms with E-state index in [1.807, 2.05) is 12.2 Å². The molecule has 0 radical (unpaired) electrons. The molecule has 0 bridgehead atoms. The highest BCUT2D eigenvalue weighted by molar-refractivity contribution is 6.18. The van der Waals surface area contributed by atoms with Crippen LogP contribution < -0.4 is 5.32 Å². The molecule has 2 nitrogen and oxygen atoms in total. The van der Waals surface area contributed by atoms with Gasteiger partial charge in [-0.2, -0.15) is 0 Å². The van der Waals surface area contributed by atoms with Crippen LogP contribution in [0.2, 0.25) is 0 Å². The van der Waals surface area contributed by atoms with Crippen LogP contribution in [0.15, 0.2) is 12.2 Å². The lowest BCUT2D eigenvalue weighted by molar-refractivity contribution is -0.0712. The molecule has 13 heavy (non-hydrogen) atoms. The van der Waals surface area contributed by atoms with E-state index in [0.717, 1.165) is 13.0 Å². The zero-order valence-corrected chi connectivity index (χ0v) is 9.01. The first-order valence-electron chi connectivity index (χ1n) is 4.71. The maximum atomic E-state index is 9.47. The highest BCUT2D eigenvalue weighted by Crippen LogP contribution is 2.40. The van der Waals surface area contributed by atoms with E-state index in [0.29, 0.717) is 11.9 Å². The third-order valence-corrected chi connectivity index (χ3v) is 3.13. The Morgan fingerprint density at radius 2 is 2.23 bits per heavy atom. The number of alkyl halides is 1. The monoisotopic (exact) mass is 203 g/mol. The Hall–Kier alpha value is -0.0500. The van der Waals surface area contributed by atoms with Gasteiger partial charge >= 0.3 is 0 Å². The molecular weight excluding hydrogens is 186 g/mol. The van der Waals surface area contributed by atoms with Gasteiger partial charge in [-0.05, 0) is 6.42 Å². The fourth-order valence-corrected chi connectivity index (χ4v) is 1.73. The number of aliphatic hydroxyl groups is 1. The van der Waals surface area contributed by atoms with Crippen LogP contribution in [0.25, 0.3) is 0 Å². The van der Waals surface area contributed by atoms with Crippen molar-refractivity contribution in [2.45, 2.75) is 32.4 Å². The van der Waals surface area contributed by atoms with E-state index in [1.54, 1.807) is 0 Å². The number of hydrogen-bond donors (Lipinski definition) is 2. The van der Waals surface area contributed by atoms with Gasteiger partial charge < -0.3 is 10.4 Å². The summed E-state index contributed by atoms with van der Waals surface area (Å²) in [4.78, 5) is 0. The van der Waals surface area contributed by atoms with Crippen molar-refractivity contribution < 1.29 is 5.11 Å². The smallest absolute Gasteiger partial charge is 0.0621 e. The molecule has 1 saturated carbocycles. The van der Waals surface area contributed by atoms with E-state index in [2.05, 4.69) is 19.2 Å². The van der Waals surface area contributed by atoms with Crippen LogP contribution in [0.1, 0.15) is 20.3 Å². The second-order valence-corrected chi connectivity index (χ2v) is 4.47. The van der Waals surface area contributed by atoms with Crippen LogP contribution in [0.3, 0.4) is 0 Å². The third-order valence-electron chi connectivity index (χ3n) is 2.95. The van der Waals surface area contributed by atoms with Crippen LogP contribution in [0, 0.1) is 5.41 Å². The van der Waals surface area contributed by atoms with Gasteiger partial charge in [-0.15, -0.1) is 11.6 Å². The van der Waals surface area contributed by atoms with Crippen molar-refractivity contribution in [3.63, 3.8) is 0 Å². The molecule has 0 aromatic carbocycles. The number of nitrogens with one attached hydrogen (secondary N) is 1. The van der Waals surface area contributed by atoms with Gasteiger partial charge in [-0.25, -0.2) is 0 Å². The molecule has 0 aliphatic heterocycles. The van der Waals surface area contributed by atoms with Crippen molar-refractivity contribution >= 4 is 11.6 Å². The predicted molar refractivity (Wildman–Crippen MR) is 56.1 cm³/mol. The Morgan fingerprint density at radius 3 is 2.69 bits per heavy atom. The van der Waals surface area contributed by atoms with Crippen LogP contribution in [0.4, 0.5) is 0 Å². The predicted octanol–water partition coefficient (Wildman–Crippen LogP) is 1.53. The fourth-order valence-electron chi connectivity index (χ4n) is 1.61. The molecule has 0 aromatic heterocycles. The van der Waals surface area contributed by atoms with Crippen LogP contribution in [-0.4, -0.2) is 29.7 Å². The van der Waals surface area contributed by atoms with Gasteiger partial charge in [0.15, 0.2) is 0 Å². The number of hydrogen-bond acceptors (Lipinski definition) is 2. The summed E-state index contributed by atoms with van der Waals surface area (Å²) in [6, 6.07) is 0.433. The van der Waals surface area contributed by atoms with Gasteiger partial charge in [0.05, 0.1) is 6.10 Å². The third kappa shape index (κ3) is 2.46. The Balaban J connectivity index is 2.21. The van der Waals surface area contributed by atoms with Crippen molar-refractivity contribution in [2.24, 2.45) is 5.41 Å². The van der Waals surface area contributed by atoms with Crippen molar-refractivity contribution in [3.05, 3.63) is 12.2 Å². The molecule has 1 aliphatic rings. The van der Waals surface area contributed by atoms with E-state index in [9.17, 15) is 5.11 Å². The summed E-state index contributed by atoms with van der Waals surface area (Å²) in [5.74, 6) is 0.568. The van der Waals surface area contributed by atoms with Gasteiger partial charge in [0, 0.05) is 23.9 Å². The molecule has 76 valence electrons. The average Bonchev–Trinajstić information content (AvgIpc) is 2.10. The lowest BCUT2D eigenvalue weighted by Crippen LogP contribution is -2.59. The van der Waals surface area contributed by atoms with Crippen LogP contribution in [0.5, 0.6) is 0 Å². The summed E-state index contributed by atoms with van der Waals surface area (Å²) in [7, 11) is 0. The van der Waals surface area contributed by atoms with Crippen molar-refractivity contribution in [3.8, 4) is 0 Å². The first kappa shape index (κ1) is 11.0. The fraction of sp³-hybridized carbons (Fsp3) is 0.800. The van der Waals surface area contributed by atoms with Crippen molar-refractivity contribution in [2.75, 3.05) is 12.4 Å². The highest BCUT2D eigenvalue weighted by atomic mass is 35.5. The lowest BCUT2D eigenvalue weighted by Gasteiger charge is -2.49. The quantitative estimate of drug-likeness (QED) is 0.537. The zero-order chi connectivity index (χ0) is 9.90. The molecule has 1 fully saturated rings. The average molecular weight is 204 g/mol. The maximum absolute atomic E-state index is 9.47. The second kappa shape index (κ2) is 4.45. The molecule has 2 atom stereocenters. The molecule has 1 rings (SSSR count). The summed E-state index contributed by atoms with van der Waals surface area (Å²) in [5.41, 5.74) is 0.0226. The maximum Gasteiger partial charge on any atom is 0.0621 e. The Kier molecular flexibility index (Phi) is 3.77. The molecule has 1 aliphatic carbocycles. The van der Waals surface area contributed by atoms with Crippen LogP contribution >= 0.6 is 11.6 Å². The molecule has 0 spiro atoms. The van der Waals surface area contributed by atoms with Gasteiger partial charge in [0.1, 0.15) is 0 Å². The van der Waals surface area contributed by atoms with E-state index < -0.39 is 0 Å². The normalized spacial score (nSPS) is 32.0. The summed E-state index contributed by atoms with van der Waals surface area (Å²) < 4.78 is 0. The van der Waals surface area contributed by atoms with E-state index in [1.165, 1.54) is 0 Å². The Bertz CT molecular complexity index is 191. The molecule has 0 aromatic rings. The Morgan fingerprint density at radius 1 is 1.54 bits per heavy atom. The summed E-state index contributed by atoms with van der Waals surface area (Å²) in [6.45, 7) is 5.02. The molecule has 3 heteroatoms. The minimum absolute atomic E-state index is 0.0226. The molecular formula is C10H18ClNO. The highest BCUT2D eigenvalue weighted by Gasteiger charge is 2.46. The second-order valence-electron chi connectivity index (χ2n) is 4.16. The minimum Gasteiger partial charge on any atom is -0.392 e. The minimum atomic E-state index is -0.151. The number of halogens is 1. The van der Waals surface area contributed by atoms with Gasteiger partial charge in [0.2, 0.25) is 0 Å². The first-order chi connectivity index (χ1) is 6.09. The molecule has 2 N–H and O–H groups in total. The first-order valence-corrected chi connectivity index (χ1v) is 5.25. The SMILES string of the molecule is CC1(C)C(O)CC1NC/C=C/CCl. The molecule has 0 saturated heterocycles. The van der Waals surface area contributed by atoms with Crippen LogP contribution in [-0.2, 0) is 0 Å². The summed E-state index contributed by atoms with van der Waals surface area (Å²) >= 11 is 5.49. The van der Waals surface area contributed by atoms with Crippen molar-refractivity contribution in [1.29, 1.82) is 0 Å². The molecule has 0 amide bonds. The zero-order valence-electron chi connectivity index (χ0n) is 8.26. The summed E-state index contributed by atoms with van der Waals surface area (Å²) in [6.07, 6.45) is 4.66. The number of rotatable bonds is 4. The molecule has 2 unspecified atom stereocenters. The van der Waals surface area contributed by atoms with E-state index in [4.69, 9.17) is 11.6 Å².